The van der Waals surface area contributed by atoms with E-state index in [0.29, 0.717) is 5.41 Å². The molecule has 0 aromatic rings. The predicted molar refractivity (Wildman–Crippen MR) is 56.0 cm³/mol. The van der Waals surface area contributed by atoms with Gasteiger partial charge in [0, 0.05) is 0 Å². The van der Waals surface area contributed by atoms with Crippen molar-refractivity contribution in [3.05, 3.63) is 11.5 Å². The largest absolute Gasteiger partial charge is 0.134 e. The third kappa shape index (κ3) is 5.37. The van der Waals surface area contributed by atoms with E-state index in [1.54, 1.807) is 0 Å². The van der Waals surface area contributed by atoms with Gasteiger partial charge in [0.2, 0.25) is 0 Å². The smallest absolute Gasteiger partial charge is 0.00258 e. The maximum atomic E-state index is 2.32. The molecule has 0 saturated heterocycles. The lowest BCUT2D eigenvalue weighted by molar-refractivity contribution is 0.436. The first kappa shape index (κ1) is 11.1. The molecule has 1 aliphatic heterocycles. The van der Waals surface area contributed by atoms with Crippen molar-refractivity contribution in [2.75, 3.05) is 5.75 Å². The lowest BCUT2D eigenvalue weighted by Crippen LogP contribution is -2.05. The fourth-order valence-electron chi connectivity index (χ4n) is 0.995. The Balaban J connectivity index is 0.000000461. The van der Waals surface area contributed by atoms with Crippen molar-refractivity contribution in [2.45, 2.75) is 40.5 Å². The maximum absolute atomic E-state index is 2.32. The lowest BCUT2D eigenvalue weighted by atomic mass is 9.89. The average Bonchev–Trinajstić information content (AvgIpc) is 2.17. The Morgan fingerprint density at radius 3 is 2.55 bits per heavy atom. The zero-order valence-corrected chi connectivity index (χ0v) is 9.00. The highest BCUT2D eigenvalue weighted by atomic mass is 32.2. The Morgan fingerprint density at radius 1 is 1.27 bits per heavy atom. The van der Waals surface area contributed by atoms with Gasteiger partial charge >= 0.3 is 0 Å². The second-order valence-electron chi connectivity index (χ2n) is 3.27. The van der Waals surface area contributed by atoms with E-state index in [0.717, 1.165) is 0 Å². The van der Waals surface area contributed by atoms with Gasteiger partial charge in [0.05, 0.1) is 0 Å². The Kier molecular flexibility index (Phi) is 5.75. The number of hydrogen-bond donors (Lipinski definition) is 0. The van der Waals surface area contributed by atoms with Gasteiger partial charge in [-0.25, -0.2) is 0 Å². The Labute approximate surface area is 75.5 Å². The fourth-order valence-corrected chi connectivity index (χ4v) is 1.91. The first-order valence-electron chi connectivity index (χ1n) is 4.50. The van der Waals surface area contributed by atoms with Crippen LogP contribution in [-0.4, -0.2) is 5.75 Å². The van der Waals surface area contributed by atoms with E-state index in [-0.39, 0.29) is 0 Å². The first-order chi connectivity index (χ1) is 5.21. The van der Waals surface area contributed by atoms with Crippen molar-refractivity contribution in [1.82, 2.24) is 0 Å². The molecule has 0 amide bonds. The first-order valence-corrected chi connectivity index (χ1v) is 5.55. The molecule has 0 unspecified atom stereocenters. The van der Waals surface area contributed by atoms with Crippen LogP contribution in [0.2, 0.25) is 0 Å². The van der Waals surface area contributed by atoms with Crippen LogP contribution in [0.15, 0.2) is 11.5 Å². The molecule has 66 valence electrons. The van der Waals surface area contributed by atoms with Crippen molar-refractivity contribution in [1.29, 1.82) is 0 Å². The van der Waals surface area contributed by atoms with Crippen molar-refractivity contribution < 1.29 is 0 Å². The van der Waals surface area contributed by atoms with Crippen LogP contribution in [0.25, 0.3) is 0 Å². The van der Waals surface area contributed by atoms with Gasteiger partial charge in [-0.1, -0.05) is 33.8 Å². The van der Waals surface area contributed by atoms with E-state index in [1.165, 1.54) is 18.6 Å². The van der Waals surface area contributed by atoms with Crippen molar-refractivity contribution in [3.8, 4) is 0 Å². The van der Waals surface area contributed by atoms with Gasteiger partial charge in [-0.05, 0) is 29.4 Å². The summed E-state index contributed by atoms with van der Waals surface area (Å²) in [5.74, 6) is 1.31. The van der Waals surface area contributed by atoms with Crippen LogP contribution in [0.3, 0.4) is 0 Å². The van der Waals surface area contributed by atoms with Gasteiger partial charge in [-0.2, -0.15) is 0 Å². The van der Waals surface area contributed by atoms with Crippen molar-refractivity contribution >= 4 is 11.8 Å². The summed E-state index contributed by atoms with van der Waals surface area (Å²) >= 11 is 1.94. The SMILES string of the molecule is CC.CC1(C)C=CSCCC1. The summed E-state index contributed by atoms with van der Waals surface area (Å²) in [6.45, 7) is 8.60. The zero-order chi connectivity index (χ0) is 8.74. The number of rotatable bonds is 0. The molecule has 0 radical (unpaired) electrons. The normalized spacial score (nSPS) is 21.5. The monoisotopic (exact) mass is 172 g/mol. The molecule has 0 aliphatic carbocycles. The van der Waals surface area contributed by atoms with Gasteiger partial charge in [0.15, 0.2) is 0 Å². The molecule has 0 saturated carbocycles. The Hall–Kier alpha value is 0.0900. The van der Waals surface area contributed by atoms with Crippen molar-refractivity contribution in [3.63, 3.8) is 0 Å². The van der Waals surface area contributed by atoms with Gasteiger partial charge in [0.1, 0.15) is 0 Å². The number of hydrogen-bond acceptors (Lipinski definition) is 1. The van der Waals surface area contributed by atoms with Crippen LogP contribution in [-0.2, 0) is 0 Å². The second kappa shape index (κ2) is 5.70. The zero-order valence-electron chi connectivity index (χ0n) is 8.18. The summed E-state index contributed by atoms with van der Waals surface area (Å²) in [4.78, 5) is 0. The minimum Gasteiger partial charge on any atom is -0.134 e. The average molecular weight is 172 g/mol. The second-order valence-corrected chi connectivity index (χ2v) is 4.28. The molecule has 0 bridgehead atoms. The summed E-state index contributed by atoms with van der Waals surface area (Å²) in [7, 11) is 0. The molecule has 1 rings (SSSR count). The van der Waals surface area contributed by atoms with Gasteiger partial charge in [0.25, 0.3) is 0 Å². The Morgan fingerprint density at radius 2 is 1.91 bits per heavy atom. The lowest BCUT2D eigenvalue weighted by Gasteiger charge is -2.16. The van der Waals surface area contributed by atoms with E-state index >= 15 is 0 Å². The van der Waals surface area contributed by atoms with E-state index in [9.17, 15) is 0 Å². The maximum Gasteiger partial charge on any atom is -0.00258 e. The third-order valence-electron chi connectivity index (χ3n) is 1.70. The molecule has 0 nitrogen and oxygen atoms in total. The third-order valence-corrected chi connectivity index (χ3v) is 2.55. The number of allylic oxidation sites excluding steroid dienone is 1. The molecule has 0 aromatic heterocycles. The van der Waals surface area contributed by atoms with E-state index in [1.807, 2.05) is 25.6 Å². The van der Waals surface area contributed by atoms with E-state index in [4.69, 9.17) is 0 Å². The molecular formula is C10H20S. The molecule has 0 spiro atoms. The molecule has 1 heterocycles. The molecule has 0 atom stereocenters. The summed E-state index contributed by atoms with van der Waals surface area (Å²) in [5.41, 5.74) is 0.462. The van der Waals surface area contributed by atoms with Crippen LogP contribution in [0.1, 0.15) is 40.5 Å². The number of thioether (sulfide) groups is 1. The standard InChI is InChI=1S/C8H14S.C2H6/c1-8(2)4-3-6-9-7-5-8;1-2/h5,7H,3-4,6H2,1-2H3;1-2H3. The van der Waals surface area contributed by atoms with Gasteiger partial charge < -0.3 is 0 Å². The topological polar surface area (TPSA) is 0 Å². The molecule has 0 fully saturated rings. The van der Waals surface area contributed by atoms with Crippen LogP contribution in [0, 0.1) is 5.41 Å². The minimum atomic E-state index is 0.462. The molecular weight excluding hydrogens is 152 g/mol. The fraction of sp³-hybridized carbons (Fsp3) is 0.800. The highest BCUT2D eigenvalue weighted by Crippen LogP contribution is 2.29. The Bertz CT molecular complexity index is 114. The molecule has 1 aliphatic rings. The van der Waals surface area contributed by atoms with Gasteiger partial charge in [-0.15, -0.1) is 11.8 Å². The quantitative estimate of drug-likeness (QED) is 0.530. The summed E-state index contributed by atoms with van der Waals surface area (Å²) in [6, 6.07) is 0. The minimum absolute atomic E-state index is 0.462. The predicted octanol–water partition coefficient (Wildman–Crippen LogP) is 4.08. The van der Waals surface area contributed by atoms with Crippen LogP contribution < -0.4 is 0 Å². The molecule has 11 heavy (non-hydrogen) atoms. The molecule has 0 N–H and O–H groups in total. The highest BCUT2D eigenvalue weighted by molar-refractivity contribution is 8.02. The highest BCUT2D eigenvalue weighted by Gasteiger charge is 2.14. The van der Waals surface area contributed by atoms with E-state index < -0.39 is 0 Å². The summed E-state index contributed by atoms with van der Waals surface area (Å²) in [5, 5.41) is 2.24. The van der Waals surface area contributed by atoms with E-state index in [2.05, 4.69) is 25.3 Å². The van der Waals surface area contributed by atoms with Crippen LogP contribution in [0.4, 0.5) is 0 Å². The molecule has 0 aromatic carbocycles. The van der Waals surface area contributed by atoms with Crippen molar-refractivity contribution in [2.24, 2.45) is 5.41 Å². The molecule has 1 heteroatoms. The summed E-state index contributed by atoms with van der Waals surface area (Å²) < 4.78 is 0. The van der Waals surface area contributed by atoms with Crippen LogP contribution in [0.5, 0.6) is 0 Å². The van der Waals surface area contributed by atoms with Crippen LogP contribution >= 0.6 is 11.8 Å². The van der Waals surface area contributed by atoms with Gasteiger partial charge in [-0.3, -0.25) is 0 Å². The summed E-state index contributed by atoms with van der Waals surface area (Å²) in [6.07, 6.45) is 5.03.